The quantitative estimate of drug-likeness (QED) is 0.859. The molecule has 0 saturated carbocycles. The topological polar surface area (TPSA) is 34.1 Å². The zero-order valence-electron chi connectivity index (χ0n) is 9.32. The second kappa shape index (κ2) is 4.60. The average Bonchev–Trinajstić information content (AvgIpc) is 2.82. The Balaban J connectivity index is 2.26. The molecule has 0 radical (unpaired) electrons. The van der Waals surface area contributed by atoms with Crippen LogP contribution >= 0.6 is 11.5 Å². The Kier molecular flexibility index (Phi) is 3.38. The van der Waals surface area contributed by atoms with E-state index in [9.17, 15) is 0 Å². The van der Waals surface area contributed by atoms with Gasteiger partial charge in [0.15, 0.2) is 0 Å². The van der Waals surface area contributed by atoms with Crippen LogP contribution in [0.25, 0.3) is 0 Å². The Labute approximate surface area is 95.0 Å². The SMILES string of the molecule is CCC1(CC)OCCNC1c1ccns1. The van der Waals surface area contributed by atoms with E-state index >= 15 is 0 Å². The molecule has 1 aromatic heterocycles. The van der Waals surface area contributed by atoms with Gasteiger partial charge in [0, 0.05) is 17.6 Å². The van der Waals surface area contributed by atoms with Crippen molar-refractivity contribution in [2.75, 3.05) is 13.2 Å². The van der Waals surface area contributed by atoms with Gasteiger partial charge in [-0.15, -0.1) is 0 Å². The van der Waals surface area contributed by atoms with Gasteiger partial charge in [-0.3, -0.25) is 0 Å². The molecule has 1 N–H and O–H groups in total. The van der Waals surface area contributed by atoms with E-state index in [0.29, 0.717) is 6.04 Å². The van der Waals surface area contributed by atoms with E-state index in [0.717, 1.165) is 26.0 Å². The minimum absolute atomic E-state index is 0.0369. The van der Waals surface area contributed by atoms with Crippen LogP contribution in [0.1, 0.15) is 37.6 Å². The molecule has 1 aliphatic rings. The summed E-state index contributed by atoms with van der Waals surface area (Å²) in [6.07, 6.45) is 3.95. The lowest BCUT2D eigenvalue weighted by atomic mass is 9.86. The molecule has 0 bridgehead atoms. The number of aromatic nitrogens is 1. The van der Waals surface area contributed by atoms with Crippen molar-refractivity contribution in [2.24, 2.45) is 0 Å². The van der Waals surface area contributed by atoms with E-state index in [1.807, 2.05) is 6.20 Å². The van der Waals surface area contributed by atoms with Gasteiger partial charge in [0.1, 0.15) is 0 Å². The number of nitrogens with zero attached hydrogens (tertiary/aromatic N) is 1. The Morgan fingerprint density at radius 3 is 3.00 bits per heavy atom. The van der Waals surface area contributed by atoms with E-state index < -0.39 is 0 Å². The number of ether oxygens (including phenoxy) is 1. The lowest BCUT2D eigenvalue weighted by Gasteiger charge is -2.43. The molecule has 84 valence electrons. The first kappa shape index (κ1) is 11.0. The summed E-state index contributed by atoms with van der Waals surface area (Å²) in [6.45, 7) is 6.15. The normalized spacial score (nSPS) is 25.3. The van der Waals surface area contributed by atoms with Crippen LogP contribution in [0.15, 0.2) is 12.3 Å². The Hall–Kier alpha value is -0.450. The maximum atomic E-state index is 6.02. The number of morpholine rings is 1. The summed E-state index contributed by atoms with van der Waals surface area (Å²) in [5.74, 6) is 0. The van der Waals surface area contributed by atoms with Crippen LogP contribution in [0, 0.1) is 0 Å². The first-order chi connectivity index (χ1) is 7.32. The van der Waals surface area contributed by atoms with E-state index in [-0.39, 0.29) is 5.60 Å². The molecule has 1 unspecified atom stereocenters. The van der Waals surface area contributed by atoms with Crippen LogP contribution in [-0.2, 0) is 4.74 Å². The molecule has 3 nitrogen and oxygen atoms in total. The van der Waals surface area contributed by atoms with Crippen molar-refractivity contribution in [1.82, 2.24) is 9.69 Å². The molecule has 1 aliphatic heterocycles. The van der Waals surface area contributed by atoms with Gasteiger partial charge in [-0.25, -0.2) is 4.37 Å². The van der Waals surface area contributed by atoms with Crippen LogP contribution in [-0.4, -0.2) is 23.1 Å². The molecule has 1 saturated heterocycles. The maximum absolute atomic E-state index is 6.02. The first-order valence-corrected chi connectivity index (χ1v) is 6.37. The zero-order valence-corrected chi connectivity index (χ0v) is 10.1. The van der Waals surface area contributed by atoms with Gasteiger partial charge in [-0.2, -0.15) is 0 Å². The zero-order chi connectivity index (χ0) is 10.7. The smallest absolute Gasteiger partial charge is 0.0880 e. The molecule has 15 heavy (non-hydrogen) atoms. The number of hydrogen-bond acceptors (Lipinski definition) is 4. The van der Waals surface area contributed by atoms with Crippen molar-refractivity contribution < 1.29 is 4.74 Å². The van der Waals surface area contributed by atoms with E-state index in [4.69, 9.17) is 4.74 Å². The fourth-order valence-corrected chi connectivity index (χ4v) is 3.09. The molecular weight excluding hydrogens is 208 g/mol. The Morgan fingerprint density at radius 1 is 1.60 bits per heavy atom. The van der Waals surface area contributed by atoms with Gasteiger partial charge in [0.25, 0.3) is 0 Å². The highest BCUT2D eigenvalue weighted by Crippen LogP contribution is 2.38. The summed E-state index contributed by atoms with van der Waals surface area (Å²) >= 11 is 1.57. The van der Waals surface area contributed by atoms with Crippen molar-refractivity contribution in [3.8, 4) is 0 Å². The van der Waals surface area contributed by atoms with E-state index in [1.54, 1.807) is 11.5 Å². The molecular formula is C11H18N2OS. The van der Waals surface area contributed by atoms with Crippen LogP contribution in [0.5, 0.6) is 0 Å². The first-order valence-electron chi connectivity index (χ1n) is 5.60. The minimum atomic E-state index is -0.0369. The molecule has 0 aromatic carbocycles. The molecule has 0 amide bonds. The lowest BCUT2D eigenvalue weighted by molar-refractivity contribution is -0.102. The third-order valence-corrected chi connectivity index (χ3v) is 4.12. The largest absolute Gasteiger partial charge is 0.372 e. The van der Waals surface area contributed by atoms with Gasteiger partial charge >= 0.3 is 0 Å². The predicted octanol–water partition coefficient (Wildman–Crippen LogP) is 2.36. The van der Waals surface area contributed by atoms with Gasteiger partial charge < -0.3 is 10.1 Å². The van der Waals surface area contributed by atoms with Gasteiger partial charge in [0.2, 0.25) is 0 Å². The molecule has 0 spiro atoms. The summed E-state index contributed by atoms with van der Waals surface area (Å²) in [7, 11) is 0. The molecule has 1 fully saturated rings. The summed E-state index contributed by atoms with van der Waals surface area (Å²) < 4.78 is 10.2. The van der Waals surface area contributed by atoms with E-state index in [2.05, 4.69) is 29.6 Å². The van der Waals surface area contributed by atoms with E-state index in [1.165, 1.54) is 4.88 Å². The molecule has 2 rings (SSSR count). The highest BCUT2D eigenvalue weighted by atomic mass is 32.1. The number of hydrogen-bond donors (Lipinski definition) is 1. The lowest BCUT2D eigenvalue weighted by Crippen LogP contribution is -2.51. The Bertz CT molecular complexity index is 296. The van der Waals surface area contributed by atoms with Crippen molar-refractivity contribution in [1.29, 1.82) is 0 Å². The highest BCUT2D eigenvalue weighted by molar-refractivity contribution is 7.05. The minimum Gasteiger partial charge on any atom is -0.372 e. The summed E-state index contributed by atoms with van der Waals surface area (Å²) in [4.78, 5) is 1.29. The molecule has 1 atom stereocenters. The van der Waals surface area contributed by atoms with Gasteiger partial charge in [-0.05, 0) is 30.4 Å². The van der Waals surface area contributed by atoms with Gasteiger partial charge in [0.05, 0.1) is 18.2 Å². The van der Waals surface area contributed by atoms with Crippen molar-refractivity contribution in [3.05, 3.63) is 17.1 Å². The molecule has 4 heteroatoms. The average molecular weight is 226 g/mol. The van der Waals surface area contributed by atoms with Crippen molar-refractivity contribution in [3.63, 3.8) is 0 Å². The fraction of sp³-hybridized carbons (Fsp3) is 0.727. The monoisotopic (exact) mass is 226 g/mol. The third kappa shape index (κ3) is 1.94. The van der Waals surface area contributed by atoms with Crippen LogP contribution < -0.4 is 5.32 Å². The highest BCUT2D eigenvalue weighted by Gasteiger charge is 2.40. The second-order valence-electron chi connectivity index (χ2n) is 3.92. The second-order valence-corrected chi connectivity index (χ2v) is 4.79. The summed E-state index contributed by atoms with van der Waals surface area (Å²) in [5.41, 5.74) is -0.0369. The number of nitrogens with one attached hydrogen (secondary N) is 1. The summed E-state index contributed by atoms with van der Waals surface area (Å²) in [6, 6.07) is 2.41. The molecule has 2 heterocycles. The maximum Gasteiger partial charge on any atom is 0.0880 e. The standard InChI is InChI=1S/C11H18N2OS/c1-3-11(4-2)10(12-7-8-14-11)9-5-6-13-15-9/h5-6,10,12H,3-4,7-8H2,1-2H3. The van der Waals surface area contributed by atoms with Gasteiger partial charge in [-0.1, -0.05) is 13.8 Å². The third-order valence-electron chi connectivity index (χ3n) is 3.31. The molecule has 1 aromatic rings. The number of rotatable bonds is 3. The van der Waals surface area contributed by atoms with Crippen molar-refractivity contribution >= 4 is 11.5 Å². The Morgan fingerprint density at radius 2 is 2.40 bits per heavy atom. The van der Waals surface area contributed by atoms with Crippen molar-refractivity contribution in [2.45, 2.75) is 38.3 Å². The predicted molar refractivity (Wildman–Crippen MR) is 62.1 cm³/mol. The molecule has 0 aliphatic carbocycles. The summed E-state index contributed by atoms with van der Waals surface area (Å²) in [5, 5.41) is 3.56. The van der Waals surface area contributed by atoms with Crippen LogP contribution in [0.2, 0.25) is 0 Å². The van der Waals surface area contributed by atoms with Crippen LogP contribution in [0.4, 0.5) is 0 Å². The fourth-order valence-electron chi connectivity index (χ4n) is 2.32. The van der Waals surface area contributed by atoms with Crippen LogP contribution in [0.3, 0.4) is 0 Å².